The molecule has 28 heavy (non-hydrogen) atoms. The predicted octanol–water partition coefficient (Wildman–Crippen LogP) is 3.81. The normalized spacial score (nSPS) is 14.1. The van der Waals surface area contributed by atoms with Crippen LogP contribution in [0.1, 0.15) is 29.8 Å². The zero-order valence-electron chi connectivity index (χ0n) is 17.4. The van der Waals surface area contributed by atoms with Crippen LogP contribution in [0.15, 0.2) is 42.5 Å². The summed E-state index contributed by atoms with van der Waals surface area (Å²) in [6.07, 6.45) is 0. The second-order valence-corrected chi connectivity index (χ2v) is 7.15. The zero-order chi connectivity index (χ0) is 20.1. The molecule has 0 atom stereocenters. The number of piperazine rings is 1. The van der Waals surface area contributed by atoms with Crippen molar-refractivity contribution in [2.24, 2.45) is 0 Å². The molecule has 1 amide bonds. The van der Waals surface area contributed by atoms with Crippen molar-refractivity contribution in [3.8, 4) is 5.75 Å². The summed E-state index contributed by atoms with van der Waals surface area (Å²) in [5, 5.41) is 0. The number of hydrogen-bond donors (Lipinski definition) is 0. The maximum absolute atomic E-state index is 12.8. The van der Waals surface area contributed by atoms with Gasteiger partial charge in [-0.25, -0.2) is 0 Å². The molecule has 150 valence electrons. The van der Waals surface area contributed by atoms with Gasteiger partial charge in [0.05, 0.1) is 7.11 Å². The third kappa shape index (κ3) is 4.24. The van der Waals surface area contributed by atoms with Crippen molar-refractivity contribution in [2.45, 2.75) is 20.8 Å². The van der Waals surface area contributed by atoms with Gasteiger partial charge < -0.3 is 19.4 Å². The maximum atomic E-state index is 12.8. The van der Waals surface area contributed by atoms with E-state index in [9.17, 15) is 4.79 Å². The van der Waals surface area contributed by atoms with Crippen molar-refractivity contribution in [1.82, 2.24) is 4.90 Å². The highest BCUT2D eigenvalue weighted by molar-refractivity contribution is 5.94. The number of benzene rings is 2. The summed E-state index contributed by atoms with van der Waals surface area (Å²) in [7, 11) is 1.63. The largest absolute Gasteiger partial charge is 0.497 e. The van der Waals surface area contributed by atoms with Crippen molar-refractivity contribution in [3.63, 3.8) is 0 Å². The molecule has 2 aromatic carbocycles. The van der Waals surface area contributed by atoms with Crippen molar-refractivity contribution >= 4 is 17.3 Å². The molecule has 0 aliphatic carbocycles. The standard InChI is InChI=1S/C23H31N3O2/c1-5-24(6-2)20-9-12-22(18(3)17-20)25-13-15-26(16-14-25)23(27)19-7-10-21(28-4)11-8-19/h7-12,17H,5-6,13-16H2,1-4H3. The van der Waals surface area contributed by atoms with E-state index in [2.05, 4.69) is 48.8 Å². The van der Waals surface area contributed by atoms with Crippen LogP contribution in [0.2, 0.25) is 0 Å². The Morgan fingerprint density at radius 2 is 1.64 bits per heavy atom. The van der Waals surface area contributed by atoms with Crippen LogP contribution >= 0.6 is 0 Å². The molecule has 0 unspecified atom stereocenters. The lowest BCUT2D eigenvalue weighted by Gasteiger charge is -2.37. The molecule has 0 spiro atoms. The lowest BCUT2D eigenvalue weighted by Crippen LogP contribution is -2.49. The van der Waals surface area contributed by atoms with Gasteiger partial charge in [-0.1, -0.05) is 0 Å². The van der Waals surface area contributed by atoms with Gasteiger partial charge in [-0.2, -0.15) is 0 Å². The number of rotatable bonds is 6. The first-order chi connectivity index (χ1) is 13.6. The number of ether oxygens (including phenoxy) is 1. The van der Waals surface area contributed by atoms with Gasteiger partial charge in [0, 0.05) is 56.2 Å². The van der Waals surface area contributed by atoms with Crippen LogP contribution in [0, 0.1) is 6.92 Å². The lowest BCUT2D eigenvalue weighted by molar-refractivity contribution is 0.0746. The van der Waals surface area contributed by atoms with Crippen LogP contribution in [0.25, 0.3) is 0 Å². The third-order valence-corrected chi connectivity index (χ3v) is 5.55. The molecule has 0 radical (unpaired) electrons. The van der Waals surface area contributed by atoms with E-state index in [1.165, 1.54) is 16.9 Å². The molecule has 5 nitrogen and oxygen atoms in total. The van der Waals surface area contributed by atoms with Gasteiger partial charge in [-0.05, 0) is 68.8 Å². The molecular weight excluding hydrogens is 350 g/mol. The Labute approximate surface area is 168 Å². The van der Waals surface area contributed by atoms with E-state index in [0.717, 1.165) is 45.0 Å². The topological polar surface area (TPSA) is 36.0 Å². The monoisotopic (exact) mass is 381 g/mol. The average molecular weight is 382 g/mol. The molecule has 1 aliphatic rings. The molecule has 1 heterocycles. The minimum Gasteiger partial charge on any atom is -0.497 e. The Bertz CT molecular complexity index is 792. The first-order valence-electron chi connectivity index (χ1n) is 10.1. The van der Waals surface area contributed by atoms with Gasteiger partial charge in [0.2, 0.25) is 0 Å². The minimum absolute atomic E-state index is 0.0934. The highest BCUT2D eigenvalue weighted by Crippen LogP contribution is 2.27. The van der Waals surface area contributed by atoms with Crippen LogP contribution in [-0.2, 0) is 0 Å². The fraction of sp³-hybridized carbons (Fsp3) is 0.435. The van der Waals surface area contributed by atoms with E-state index < -0.39 is 0 Å². The fourth-order valence-corrected chi connectivity index (χ4v) is 3.85. The second kappa shape index (κ2) is 9.00. The molecule has 5 heteroatoms. The Morgan fingerprint density at radius 3 is 2.18 bits per heavy atom. The first kappa shape index (κ1) is 20.1. The van der Waals surface area contributed by atoms with E-state index in [4.69, 9.17) is 4.74 Å². The molecule has 0 N–H and O–H groups in total. The van der Waals surface area contributed by atoms with Crippen LogP contribution < -0.4 is 14.5 Å². The number of anilines is 2. The number of hydrogen-bond acceptors (Lipinski definition) is 4. The Hall–Kier alpha value is -2.69. The number of nitrogens with zero attached hydrogens (tertiary/aromatic N) is 3. The van der Waals surface area contributed by atoms with Crippen LogP contribution in [0.5, 0.6) is 5.75 Å². The Kier molecular flexibility index (Phi) is 6.45. The first-order valence-corrected chi connectivity index (χ1v) is 10.1. The summed E-state index contributed by atoms with van der Waals surface area (Å²) in [4.78, 5) is 19.5. The number of carbonyl (C=O) groups is 1. The Balaban J connectivity index is 1.64. The quantitative estimate of drug-likeness (QED) is 0.762. The van der Waals surface area contributed by atoms with Crippen LogP contribution in [-0.4, -0.2) is 57.2 Å². The smallest absolute Gasteiger partial charge is 0.253 e. The zero-order valence-corrected chi connectivity index (χ0v) is 17.4. The molecule has 1 aliphatic heterocycles. The van der Waals surface area contributed by atoms with Gasteiger partial charge in [0.25, 0.3) is 5.91 Å². The highest BCUT2D eigenvalue weighted by Gasteiger charge is 2.23. The molecule has 1 saturated heterocycles. The fourth-order valence-electron chi connectivity index (χ4n) is 3.85. The van der Waals surface area contributed by atoms with Gasteiger partial charge in [0.1, 0.15) is 5.75 Å². The van der Waals surface area contributed by atoms with Crippen molar-refractivity contribution in [1.29, 1.82) is 0 Å². The summed E-state index contributed by atoms with van der Waals surface area (Å²) in [6, 6.07) is 14.1. The number of carbonyl (C=O) groups excluding carboxylic acids is 1. The van der Waals surface area contributed by atoms with Crippen molar-refractivity contribution in [2.75, 3.05) is 56.2 Å². The van der Waals surface area contributed by atoms with E-state index in [1.807, 2.05) is 29.2 Å². The molecule has 0 aromatic heterocycles. The molecule has 1 fully saturated rings. The predicted molar refractivity (Wildman–Crippen MR) is 116 cm³/mol. The van der Waals surface area contributed by atoms with Gasteiger partial charge in [0.15, 0.2) is 0 Å². The second-order valence-electron chi connectivity index (χ2n) is 7.15. The van der Waals surface area contributed by atoms with E-state index in [-0.39, 0.29) is 5.91 Å². The van der Waals surface area contributed by atoms with Crippen molar-refractivity contribution < 1.29 is 9.53 Å². The summed E-state index contributed by atoms with van der Waals surface area (Å²) in [5.74, 6) is 0.862. The molecule has 0 saturated carbocycles. The lowest BCUT2D eigenvalue weighted by atomic mass is 10.1. The van der Waals surface area contributed by atoms with Crippen molar-refractivity contribution in [3.05, 3.63) is 53.6 Å². The summed E-state index contributed by atoms with van der Waals surface area (Å²) in [5.41, 5.74) is 4.56. The van der Waals surface area contributed by atoms with E-state index in [0.29, 0.717) is 5.56 Å². The Morgan fingerprint density at radius 1 is 1.00 bits per heavy atom. The third-order valence-electron chi connectivity index (χ3n) is 5.55. The van der Waals surface area contributed by atoms with Crippen LogP contribution in [0.3, 0.4) is 0 Å². The minimum atomic E-state index is 0.0934. The van der Waals surface area contributed by atoms with Gasteiger partial charge >= 0.3 is 0 Å². The number of amides is 1. The van der Waals surface area contributed by atoms with Gasteiger partial charge in [-0.15, -0.1) is 0 Å². The molecular formula is C23H31N3O2. The molecule has 3 rings (SSSR count). The molecule has 2 aromatic rings. The van der Waals surface area contributed by atoms with Crippen LogP contribution in [0.4, 0.5) is 11.4 Å². The summed E-state index contributed by atoms with van der Waals surface area (Å²) in [6.45, 7) is 11.8. The van der Waals surface area contributed by atoms with Gasteiger partial charge in [-0.3, -0.25) is 4.79 Å². The number of aryl methyl sites for hydroxylation is 1. The summed E-state index contributed by atoms with van der Waals surface area (Å²) >= 11 is 0. The number of methoxy groups -OCH3 is 1. The highest BCUT2D eigenvalue weighted by atomic mass is 16.5. The average Bonchev–Trinajstić information content (AvgIpc) is 2.74. The summed E-state index contributed by atoms with van der Waals surface area (Å²) < 4.78 is 5.17. The van der Waals surface area contributed by atoms with E-state index >= 15 is 0 Å². The SMILES string of the molecule is CCN(CC)c1ccc(N2CCN(C(=O)c3ccc(OC)cc3)CC2)c(C)c1. The maximum Gasteiger partial charge on any atom is 0.253 e. The molecule has 0 bridgehead atoms. The van der Waals surface area contributed by atoms with E-state index in [1.54, 1.807) is 7.11 Å².